The van der Waals surface area contributed by atoms with Gasteiger partial charge in [-0.15, -0.1) is 0 Å². The third-order valence-electron chi connectivity index (χ3n) is 2.68. The molecule has 0 fully saturated rings. The van der Waals surface area contributed by atoms with Crippen molar-refractivity contribution >= 4 is 22.8 Å². The molecule has 0 saturated heterocycles. The summed E-state index contributed by atoms with van der Waals surface area (Å²) in [6, 6.07) is 4.61. The highest BCUT2D eigenvalue weighted by Crippen LogP contribution is 2.23. The zero-order valence-corrected chi connectivity index (χ0v) is 10.2. The SMILES string of the molecule is O=[N+]([O-])c1ccc2oc(NCCc3ncn[nH]3)nc2c1. The summed E-state index contributed by atoms with van der Waals surface area (Å²) in [5, 5.41) is 20.1. The summed E-state index contributed by atoms with van der Waals surface area (Å²) in [7, 11) is 0. The number of hydrogen-bond donors (Lipinski definition) is 2. The zero-order chi connectivity index (χ0) is 13.9. The van der Waals surface area contributed by atoms with Crippen LogP contribution in [-0.2, 0) is 6.42 Å². The van der Waals surface area contributed by atoms with Crippen molar-refractivity contribution in [1.82, 2.24) is 20.2 Å². The summed E-state index contributed by atoms with van der Waals surface area (Å²) < 4.78 is 5.43. The number of nitrogens with one attached hydrogen (secondary N) is 2. The van der Waals surface area contributed by atoms with Gasteiger partial charge in [0.1, 0.15) is 17.7 Å². The summed E-state index contributed by atoms with van der Waals surface area (Å²) in [5.74, 6) is 0.754. The minimum absolute atomic E-state index is 0.0148. The first-order chi connectivity index (χ1) is 9.72. The number of benzene rings is 1. The average Bonchev–Trinajstić information content (AvgIpc) is 3.06. The minimum atomic E-state index is -0.467. The fourth-order valence-electron chi connectivity index (χ4n) is 1.74. The molecule has 0 amide bonds. The van der Waals surface area contributed by atoms with E-state index in [9.17, 15) is 10.1 Å². The number of nitro benzene ring substituents is 1. The molecule has 9 nitrogen and oxygen atoms in total. The lowest BCUT2D eigenvalue weighted by atomic mass is 10.3. The number of aromatic amines is 1. The third kappa shape index (κ3) is 2.41. The molecule has 2 heterocycles. The Balaban J connectivity index is 1.70. The van der Waals surface area contributed by atoms with Crippen molar-refractivity contribution < 1.29 is 9.34 Å². The number of nitrogens with zero attached hydrogens (tertiary/aromatic N) is 4. The molecule has 2 N–H and O–H groups in total. The highest BCUT2D eigenvalue weighted by molar-refractivity contribution is 5.77. The molecule has 0 bridgehead atoms. The van der Waals surface area contributed by atoms with Crippen LogP contribution in [0.25, 0.3) is 11.1 Å². The molecule has 0 aliphatic carbocycles. The van der Waals surface area contributed by atoms with Gasteiger partial charge in [-0.2, -0.15) is 10.1 Å². The van der Waals surface area contributed by atoms with Crippen molar-refractivity contribution in [2.24, 2.45) is 0 Å². The number of aromatic nitrogens is 4. The maximum Gasteiger partial charge on any atom is 0.295 e. The average molecular weight is 274 g/mol. The molecule has 20 heavy (non-hydrogen) atoms. The lowest BCUT2D eigenvalue weighted by Crippen LogP contribution is -2.06. The lowest BCUT2D eigenvalue weighted by Gasteiger charge is -1.97. The highest BCUT2D eigenvalue weighted by atomic mass is 16.6. The molecule has 0 atom stereocenters. The Bertz CT molecular complexity index is 736. The van der Waals surface area contributed by atoms with E-state index in [0.29, 0.717) is 30.1 Å². The Morgan fingerprint density at radius 3 is 3.10 bits per heavy atom. The summed E-state index contributed by atoms with van der Waals surface area (Å²) >= 11 is 0. The standard InChI is InChI=1S/C11H10N6O3/c18-17(19)7-1-2-9-8(5-7)15-11(20-9)12-4-3-10-13-6-14-16-10/h1-2,5-6H,3-4H2,(H,12,15)(H,13,14,16). The molecule has 0 radical (unpaired) electrons. The number of anilines is 1. The second-order valence-corrected chi connectivity index (χ2v) is 4.04. The van der Waals surface area contributed by atoms with E-state index in [-0.39, 0.29) is 5.69 Å². The van der Waals surface area contributed by atoms with Gasteiger partial charge in [0, 0.05) is 25.1 Å². The number of non-ortho nitro benzene ring substituents is 1. The number of H-pyrrole nitrogens is 1. The van der Waals surface area contributed by atoms with E-state index in [1.807, 2.05) is 0 Å². The van der Waals surface area contributed by atoms with Gasteiger partial charge in [-0.3, -0.25) is 15.2 Å². The number of nitro groups is 1. The van der Waals surface area contributed by atoms with Crippen LogP contribution in [0.15, 0.2) is 28.9 Å². The first-order valence-corrected chi connectivity index (χ1v) is 5.85. The van der Waals surface area contributed by atoms with Crippen molar-refractivity contribution in [2.75, 3.05) is 11.9 Å². The fourth-order valence-corrected chi connectivity index (χ4v) is 1.74. The number of oxazole rings is 1. The molecule has 0 saturated carbocycles. The molecule has 2 aromatic heterocycles. The maximum atomic E-state index is 10.7. The van der Waals surface area contributed by atoms with Crippen molar-refractivity contribution in [3.63, 3.8) is 0 Å². The quantitative estimate of drug-likeness (QED) is 0.533. The zero-order valence-electron chi connectivity index (χ0n) is 10.2. The topological polar surface area (TPSA) is 123 Å². The Morgan fingerprint density at radius 1 is 1.45 bits per heavy atom. The van der Waals surface area contributed by atoms with Crippen molar-refractivity contribution in [3.05, 3.63) is 40.5 Å². The monoisotopic (exact) mass is 274 g/mol. The van der Waals surface area contributed by atoms with Gasteiger partial charge >= 0.3 is 0 Å². The predicted octanol–water partition coefficient (Wildman–Crippen LogP) is 1.51. The summed E-state index contributed by atoms with van der Waals surface area (Å²) in [4.78, 5) is 18.3. The molecular formula is C11H10N6O3. The van der Waals surface area contributed by atoms with Crippen LogP contribution in [0.5, 0.6) is 0 Å². The van der Waals surface area contributed by atoms with Gasteiger partial charge in [0.15, 0.2) is 5.58 Å². The van der Waals surface area contributed by atoms with Crippen LogP contribution in [0.3, 0.4) is 0 Å². The van der Waals surface area contributed by atoms with Gasteiger partial charge in [0.25, 0.3) is 11.7 Å². The molecule has 3 aromatic rings. The van der Waals surface area contributed by atoms with E-state index >= 15 is 0 Å². The minimum Gasteiger partial charge on any atom is -0.424 e. The molecule has 0 unspecified atom stereocenters. The summed E-state index contributed by atoms with van der Waals surface area (Å²) in [6.45, 7) is 0.560. The van der Waals surface area contributed by atoms with Crippen LogP contribution in [0, 0.1) is 10.1 Å². The first-order valence-electron chi connectivity index (χ1n) is 5.85. The Hall–Kier alpha value is -2.97. The molecular weight excluding hydrogens is 264 g/mol. The number of rotatable bonds is 5. The van der Waals surface area contributed by atoms with Crippen LogP contribution in [0.1, 0.15) is 5.82 Å². The van der Waals surface area contributed by atoms with Gasteiger partial charge in [-0.1, -0.05) is 0 Å². The van der Waals surface area contributed by atoms with Gasteiger partial charge in [-0.25, -0.2) is 4.98 Å². The van der Waals surface area contributed by atoms with Crippen molar-refractivity contribution in [3.8, 4) is 0 Å². The first kappa shape index (κ1) is 12.1. The second kappa shape index (κ2) is 4.96. The van der Waals surface area contributed by atoms with Gasteiger partial charge < -0.3 is 9.73 Å². The fraction of sp³-hybridized carbons (Fsp3) is 0.182. The summed E-state index contributed by atoms with van der Waals surface area (Å²) in [5.41, 5.74) is 0.929. The summed E-state index contributed by atoms with van der Waals surface area (Å²) in [6.07, 6.45) is 2.08. The molecule has 3 rings (SSSR count). The smallest absolute Gasteiger partial charge is 0.295 e. The van der Waals surface area contributed by atoms with Crippen LogP contribution in [0.4, 0.5) is 11.7 Å². The molecule has 102 valence electrons. The van der Waals surface area contributed by atoms with Crippen LogP contribution in [-0.4, -0.2) is 31.6 Å². The van der Waals surface area contributed by atoms with E-state index in [1.54, 1.807) is 0 Å². The normalized spacial score (nSPS) is 10.8. The van der Waals surface area contributed by atoms with E-state index < -0.39 is 4.92 Å². The van der Waals surface area contributed by atoms with Gasteiger partial charge in [-0.05, 0) is 6.07 Å². The highest BCUT2D eigenvalue weighted by Gasteiger charge is 2.11. The number of hydrogen-bond acceptors (Lipinski definition) is 7. The molecule has 0 spiro atoms. The van der Waals surface area contributed by atoms with Gasteiger partial charge in [0.05, 0.1) is 4.92 Å². The third-order valence-corrected chi connectivity index (χ3v) is 2.68. The largest absolute Gasteiger partial charge is 0.424 e. The Labute approximate surface area is 112 Å². The number of fused-ring (bicyclic) bond motifs is 1. The second-order valence-electron chi connectivity index (χ2n) is 4.04. The molecule has 1 aromatic carbocycles. The van der Waals surface area contributed by atoms with E-state index in [1.165, 1.54) is 24.5 Å². The van der Waals surface area contributed by atoms with E-state index in [0.717, 1.165) is 5.82 Å². The Morgan fingerprint density at radius 2 is 2.35 bits per heavy atom. The van der Waals surface area contributed by atoms with E-state index in [2.05, 4.69) is 25.5 Å². The van der Waals surface area contributed by atoms with Gasteiger partial charge in [0.2, 0.25) is 0 Å². The van der Waals surface area contributed by atoms with Crippen molar-refractivity contribution in [1.29, 1.82) is 0 Å². The van der Waals surface area contributed by atoms with Crippen LogP contribution < -0.4 is 5.32 Å². The Kier molecular flexibility index (Phi) is 2.99. The predicted molar refractivity (Wildman–Crippen MR) is 69.2 cm³/mol. The van der Waals surface area contributed by atoms with Crippen molar-refractivity contribution in [2.45, 2.75) is 6.42 Å². The molecule has 9 heteroatoms. The maximum absolute atomic E-state index is 10.7. The molecule has 0 aliphatic heterocycles. The molecule has 0 aliphatic rings. The lowest BCUT2D eigenvalue weighted by molar-refractivity contribution is -0.384. The van der Waals surface area contributed by atoms with E-state index in [4.69, 9.17) is 4.42 Å². The van der Waals surface area contributed by atoms with Crippen LogP contribution in [0.2, 0.25) is 0 Å². The van der Waals surface area contributed by atoms with Crippen LogP contribution >= 0.6 is 0 Å².